The molecule has 5 heteroatoms. The molecule has 0 saturated carbocycles. The first-order valence-electron chi connectivity index (χ1n) is 8.83. The van der Waals surface area contributed by atoms with Crippen molar-refractivity contribution in [3.8, 4) is 0 Å². The van der Waals surface area contributed by atoms with Gasteiger partial charge in [-0.3, -0.25) is 4.79 Å². The monoisotopic (exact) mass is 347 g/mol. The molecule has 2 heterocycles. The van der Waals surface area contributed by atoms with E-state index in [1.807, 2.05) is 56.3 Å². The number of amides is 1. The first-order chi connectivity index (χ1) is 12.6. The highest BCUT2D eigenvalue weighted by Crippen LogP contribution is 2.24. The number of benzene rings is 2. The van der Waals surface area contributed by atoms with Gasteiger partial charge in [0.15, 0.2) is 5.76 Å². The molecule has 0 aliphatic heterocycles. The van der Waals surface area contributed by atoms with Crippen molar-refractivity contribution in [1.82, 2.24) is 14.9 Å². The van der Waals surface area contributed by atoms with Crippen LogP contribution in [0.4, 0.5) is 0 Å². The number of furan rings is 1. The number of aromatic nitrogens is 2. The Kier molecular flexibility index (Phi) is 4.21. The van der Waals surface area contributed by atoms with E-state index < -0.39 is 0 Å². The van der Waals surface area contributed by atoms with Gasteiger partial charge in [0.1, 0.15) is 11.4 Å². The van der Waals surface area contributed by atoms with Crippen molar-refractivity contribution < 1.29 is 9.21 Å². The number of hydrogen-bond donors (Lipinski definition) is 1. The Morgan fingerprint density at radius 2 is 1.88 bits per heavy atom. The number of aryl methyl sites for hydroxylation is 3. The molecule has 1 amide bonds. The van der Waals surface area contributed by atoms with E-state index in [9.17, 15) is 4.79 Å². The van der Waals surface area contributed by atoms with Crippen molar-refractivity contribution in [2.75, 3.05) is 6.54 Å². The summed E-state index contributed by atoms with van der Waals surface area (Å²) < 4.78 is 7.90. The van der Waals surface area contributed by atoms with Crippen molar-refractivity contribution in [2.24, 2.45) is 0 Å². The fourth-order valence-electron chi connectivity index (χ4n) is 3.39. The lowest BCUT2D eigenvalue weighted by atomic mass is 10.1. The quantitative estimate of drug-likeness (QED) is 0.550. The molecule has 5 nitrogen and oxygen atoms in total. The fourth-order valence-corrected chi connectivity index (χ4v) is 3.39. The maximum Gasteiger partial charge on any atom is 0.287 e. The number of nitrogens with one attached hydrogen (secondary N) is 1. The van der Waals surface area contributed by atoms with Crippen LogP contribution >= 0.6 is 0 Å². The lowest BCUT2D eigenvalue weighted by Gasteiger charge is -2.08. The van der Waals surface area contributed by atoms with E-state index in [4.69, 9.17) is 4.42 Å². The third-order valence-electron chi connectivity index (χ3n) is 4.74. The number of fused-ring (bicyclic) bond motifs is 2. The smallest absolute Gasteiger partial charge is 0.287 e. The second-order valence-electron chi connectivity index (χ2n) is 6.46. The molecule has 0 radical (unpaired) electrons. The molecule has 132 valence electrons. The number of nitrogens with zero attached hydrogens (tertiary/aromatic N) is 2. The largest absolute Gasteiger partial charge is 0.451 e. The molecule has 0 saturated heterocycles. The molecule has 4 rings (SSSR count). The maximum absolute atomic E-state index is 12.5. The summed E-state index contributed by atoms with van der Waals surface area (Å²) >= 11 is 0. The standard InChI is InChI=1S/C21H21N3O2/c1-14-16-8-3-6-11-19(16)26-20(14)21(25)22-12-7-13-24-15(2)23-17-9-4-5-10-18(17)24/h3-6,8-11H,7,12-13H2,1-2H3,(H,22,25). The molecule has 0 atom stereocenters. The summed E-state index contributed by atoms with van der Waals surface area (Å²) in [6, 6.07) is 15.8. The topological polar surface area (TPSA) is 60.1 Å². The van der Waals surface area contributed by atoms with Gasteiger partial charge in [-0.25, -0.2) is 4.98 Å². The molecular weight excluding hydrogens is 326 g/mol. The van der Waals surface area contributed by atoms with Gasteiger partial charge in [0.05, 0.1) is 11.0 Å². The van der Waals surface area contributed by atoms with E-state index in [-0.39, 0.29) is 5.91 Å². The third kappa shape index (κ3) is 2.86. The highest BCUT2D eigenvalue weighted by molar-refractivity contribution is 5.98. The maximum atomic E-state index is 12.5. The van der Waals surface area contributed by atoms with Gasteiger partial charge in [0.2, 0.25) is 0 Å². The zero-order chi connectivity index (χ0) is 18.1. The van der Waals surface area contributed by atoms with Crippen LogP contribution in [0, 0.1) is 13.8 Å². The Balaban J connectivity index is 1.40. The highest BCUT2D eigenvalue weighted by atomic mass is 16.3. The average molecular weight is 347 g/mol. The zero-order valence-electron chi connectivity index (χ0n) is 15.0. The molecule has 26 heavy (non-hydrogen) atoms. The summed E-state index contributed by atoms with van der Waals surface area (Å²) in [5.74, 6) is 1.23. The molecule has 0 aliphatic rings. The van der Waals surface area contributed by atoms with Crippen LogP contribution in [0.5, 0.6) is 0 Å². The van der Waals surface area contributed by atoms with Crippen LogP contribution in [-0.2, 0) is 6.54 Å². The minimum Gasteiger partial charge on any atom is -0.451 e. The molecule has 0 aliphatic carbocycles. The van der Waals surface area contributed by atoms with Gasteiger partial charge < -0.3 is 14.3 Å². The van der Waals surface area contributed by atoms with E-state index >= 15 is 0 Å². The number of carbonyl (C=O) groups is 1. The van der Waals surface area contributed by atoms with Crippen LogP contribution in [0.3, 0.4) is 0 Å². The zero-order valence-corrected chi connectivity index (χ0v) is 15.0. The van der Waals surface area contributed by atoms with Gasteiger partial charge in [-0.05, 0) is 38.5 Å². The van der Waals surface area contributed by atoms with Crippen molar-refractivity contribution in [3.63, 3.8) is 0 Å². The van der Waals surface area contributed by atoms with Crippen LogP contribution in [0.2, 0.25) is 0 Å². The fraction of sp³-hybridized carbons (Fsp3) is 0.238. The summed E-state index contributed by atoms with van der Waals surface area (Å²) in [5.41, 5.74) is 3.77. The van der Waals surface area contributed by atoms with Crippen molar-refractivity contribution in [1.29, 1.82) is 0 Å². The second-order valence-corrected chi connectivity index (χ2v) is 6.46. The molecule has 2 aromatic carbocycles. The molecule has 4 aromatic rings. The molecule has 0 spiro atoms. The first-order valence-corrected chi connectivity index (χ1v) is 8.83. The van der Waals surface area contributed by atoms with Crippen molar-refractivity contribution in [3.05, 3.63) is 65.7 Å². The SMILES string of the molecule is Cc1c(C(=O)NCCCn2c(C)nc3ccccc32)oc2ccccc12. The van der Waals surface area contributed by atoms with Gasteiger partial charge in [0.25, 0.3) is 5.91 Å². The minimum atomic E-state index is -0.161. The lowest BCUT2D eigenvalue weighted by Crippen LogP contribution is -2.25. The Labute approximate surface area is 151 Å². The van der Waals surface area contributed by atoms with Crippen LogP contribution < -0.4 is 5.32 Å². The number of imidazole rings is 1. The van der Waals surface area contributed by atoms with Gasteiger partial charge >= 0.3 is 0 Å². The van der Waals surface area contributed by atoms with Crippen LogP contribution in [-0.4, -0.2) is 22.0 Å². The van der Waals surface area contributed by atoms with E-state index in [2.05, 4.69) is 20.9 Å². The Bertz CT molecular complexity index is 1090. The van der Waals surface area contributed by atoms with Crippen LogP contribution in [0.1, 0.15) is 28.4 Å². The predicted molar refractivity (Wildman–Crippen MR) is 102 cm³/mol. The molecule has 2 aromatic heterocycles. The summed E-state index contributed by atoms with van der Waals surface area (Å²) in [6.07, 6.45) is 0.826. The minimum absolute atomic E-state index is 0.161. The molecule has 1 N–H and O–H groups in total. The van der Waals surface area contributed by atoms with Gasteiger partial charge in [0, 0.05) is 24.0 Å². The second kappa shape index (κ2) is 6.67. The number of hydrogen-bond acceptors (Lipinski definition) is 3. The lowest BCUT2D eigenvalue weighted by molar-refractivity contribution is 0.0926. The molecule has 0 bridgehead atoms. The number of carbonyl (C=O) groups excluding carboxylic acids is 1. The number of rotatable bonds is 5. The van der Waals surface area contributed by atoms with Crippen LogP contribution in [0.25, 0.3) is 22.0 Å². The Hall–Kier alpha value is -3.08. The first kappa shape index (κ1) is 16.4. The van der Waals surface area contributed by atoms with Crippen molar-refractivity contribution in [2.45, 2.75) is 26.8 Å². The summed E-state index contributed by atoms with van der Waals surface area (Å²) in [5, 5.41) is 3.95. The van der Waals surface area contributed by atoms with E-state index in [1.165, 1.54) is 0 Å². The number of para-hydroxylation sites is 3. The van der Waals surface area contributed by atoms with Crippen molar-refractivity contribution >= 4 is 27.9 Å². The Morgan fingerprint density at radius 3 is 2.73 bits per heavy atom. The van der Waals surface area contributed by atoms with E-state index in [1.54, 1.807) is 0 Å². The molecular formula is C21H21N3O2. The average Bonchev–Trinajstić information content (AvgIpc) is 3.16. The van der Waals surface area contributed by atoms with Gasteiger partial charge in [-0.1, -0.05) is 30.3 Å². The predicted octanol–water partition coefficient (Wildman–Crippen LogP) is 4.22. The third-order valence-corrected chi connectivity index (χ3v) is 4.74. The molecule has 0 unspecified atom stereocenters. The van der Waals surface area contributed by atoms with Crippen LogP contribution in [0.15, 0.2) is 52.9 Å². The summed E-state index contributed by atoms with van der Waals surface area (Å²) in [7, 11) is 0. The van der Waals surface area contributed by atoms with E-state index in [0.29, 0.717) is 12.3 Å². The summed E-state index contributed by atoms with van der Waals surface area (Å²) in [4.78, 5) is 17.0. The Morgan fingerprint density at radius 1 is 1.12 bits per heavy atom. The molecule has 0 fully saturated rings. The highest BCUT2D eigenvalue weighted by Gasteiger charge is 2.16. The normalized spacial score (nSPS) is 11.3. The van der Waals surface area contributed by atoms with E-state index in [0.717, 1.165) is 46.4 Å². The van der Waals surface area contributed by atoms with Gasteiger partial charge in [-0.15, -0.1) is 0 Å². The summed E-state index contributed by atoms with van der Waals surface area (Å²) in [6.45, 7) is 5.32. The van der Waals surface area contributed by atoms with Gasteiger partial charge in [-0.2, -0.15) is 0 Å².